The summed E-state index contributed by atoms with van der Waals surface area (Å²) >= 11 is 0. The van der Waals surface area contributed by atoms with Gasteiger partial charge >= 0.3 is 0 Å². The molecule has 1 aromatic heterocycles. The van der Waals surface area contributed by atoms with E-state index in [0.29, 0.717) is 12.1 Å². The molecule has 0 bridgehead atoms. The maximum Gasteiger partial charge on any atom is 0.249 e. The molecule has 0 spiro atoms. The Morgan fingerprint density at radius 3 is 2.65 bits per heavy atom. The topological polar surface area (TPSA) is 60.9 Å². The molecule has 2 N–H and O–H groups in total. The Hall–Kier alpha value is -2.10. The van der Waals surface area contributed by atoms with Crippen LogP contribution in [0.2, 0.25) is 0 Å². The van der Waals surface area contributed by atoms with E-state index in [1.54, 1.807) is 6.07 Å². The average Bonchev–Trinajstić information content (AvgIpc) is 2.58. The number of carbonyl (C=O) groups excluding carboxylic acids is 1. The molecule has 0 saturated heterocycles. The molecule has 0 radical (unpaired) electrons. The van der Waals surface area contributed by atoms with Gasteiger partial charge in [-0.2, -0.15) is 5.10 Å². The lowest BCUT2D eigenvalue weighted by Gasteiger charge is -2.08. The fourth-order valence-electron chi connectivity index (χ4n) is 1.89. The van der Waals surface area contributed by atoms with Crippen molar-refractivity contribution in [2.45, 2.75) is 20.4 Å². The van der Waals surface area contributed by atoms with E-state index in [2.05, 4.69) is 5.10 Å². The smallest absolute Gasteiger partial charge is 0.249 e. The van der Waals surface area contributed by atoms with Crippen molar-refractivity contribution in [3.05, 3.63) is 52.8 Å². The van der Waals surface area contributed by atoms with Gasteiger partial charge in [-0.25, -0.2) is 0 Å². The molecule has 4 heteroatoms. The van der Waals surface area contributed by atoms with Gasteiger partial charge in [0.2, 0.25) is 5.91 Å². The maximum atomic E-state index is 11.3. The molecule has 0 aliphatic rings. The zero-order valence-corrected chi connectivity index (χ0v) is 9.97. The van der Waals surface area contributed by atoms with Gasteiger partial charge in [-0.3, -0.25) is 9.48 Å². The van der Waals surface area contributed by atoms with Gasteiger partial charge in [-0.05, 0) is 31.5 Å². The largest absolute Gasteiger partial charge is 0.366 e. The van der Waals surface area contributed by atoms with Crippen LogP contribution < -0.4 is 5.73 Å². The molecule has 88 valence electrons. The number of carbonyl (C=O) groups is 1. The van der Waals surface area contributed by atoms with Crippen LogP contribution >= 0.6 is 0 Å². The minimum absolute atomic E-state index is 0.401. The number of hydrogen-bond donors (Lipinski definition) is 1. The molecule has 0 fully saturated rings. The second kappa shape index (κ2) is 4.41. The molecule has 1 heterocycles. The van der Waals surface area contributed by atoms with E-state index in [-0.39, 0.29) is 0 Å². The molecule has 1 aromatic carbocycles. The van der Waals surface area contributed by atoms with E-state index < -0.39 is 5.91 Å². The van der Waals surface area contributed by atoms with E-state index in [4.69, 9.17) is 5.73 Å². The summed E-state index contributed by atoms with van der Waals surface area (Å²) in [6.45, 7) is 4.51. The van der Waals surface area contributed by atoms with E-state index in [9.17, 15) is 4.79 Å². The first kappa shape index (κ1) is 11.4. The molecular weight excluding hydrogens is 214 g/mol. The number of nitrogens with two attached hydrogens (primary N) is 1. The van der Waals surface area contributed by atoms with Gasteiger partial charge in [0.15, 0.2) is 0 Å². The highest BCUT2D eigenvalue weighted by molar-refractivity contribution is 5.94. The van der Waals surface area contributed by atoms with Crippen LogP contribution in [0.4, 0.5) is 0 Å². The quantitative estimate of drug-likeness (QED) is 0.869. The number of hydrogen-bond acceptors (Lipinski definition) is 2. The molecule has 0 saturated carbocycles. The first-order valence-corrected chi connectivity index (χ1v) is 5.46. The Labute approximate surface area is 100 Å². The number of rotatable bonds is 3. The maximum absolute atomic E-state index is 11.3. The molecule has 17 heavy (non-hydrogen) atoms. The lowest BCUT2D eigenvalue weighted by Crippen LogP contribution is -2.15. The van der Waals surface area contributed by atoms with Gasteiger partial charge in [0.1, 0.15) is 0 Å². The molecule has 2 aromatic rings. The first-order chi connectivity index (χ1) is 8.08. The molecule has 2 rings (SSSR count). The van der Waals surface area contributed by atoms with Crippen molar-refractivity contribution in [1.29, 1.82) is 0 Å². The Balaban J connectivity index is 2.36. The van der Waals surface area contributed by atoms with Crippen LogP contribution in [-0.4, -0.2) is 15.7 Å². The monoisotopic (exact) mass is 229 g/mol. The fraction of sp³-hybridized carbons (Fsp3) is 0.231. The minimum Gasteiger partial charge on any atom is -0.366 e. The van der Waals surface area contributed by atoms with Crippen molar-refractivity contribution < 1.29 is 4.79 Å². The lowest BCUT2D eigenvalue weighted by atomic mass is 10.1. The average molecular weight is 229 g/mol. The third-order valence-electron chi connectivity index (χ3n) is 2.71. The second-order valence-electron chi connectivity index (χ2n) is 4.11. The Morgan fingerprint density at radius 2 is 2.06 bits per heavy atom. The zero-order valence-electron chi connectivity index (χ0n) is 9.97. The predicted molar refractivity (Wildman–Crippen MR) is 65.8 cm³/mol. The van der Waals surface area contributed by atoms with Crippen LogP contribution in [0.5, 0.6) is 0 Å². The van der Waals surface area contributed by atoms with Crippen LogP contribution in [0.1, 0.15) is 27.3 Å². The van der Waals surface area contributed by atoms with Crippen LogP contribution in [0.15, 0.2) is 30.3 Å². The van der Waals surface area contributed by atoms with Gasteiger partial charge < -0.3 is 5.73 Å². The van der Waals surface area contributed by atoms with Crippen molar-refractivity contribution >= 4 is 5.91 Å². The third kappa shape index (κ3) is 2.36. The van der Waals surface area contributed by atoms with Crippen molar-refractivity contribution in [1.82, 2.24) is 9.78 Å². The zero-order chi connectivity index (χ0) is 12.4. The summed E-state index contributed by atoms with van der Waals surface area (Å²) < 4.78 is 1.87. The highest BCUT2D eigenvalue weighted by Crippen LogP contribution is 2.11. The van der Waals surface area contributed by atoms with Crippen molar-refractivity contribution in [2.75, 3.05) is 0 Å². The van der Waals surface area contributed by atoms with Crippen LogP contribution in [0, 0.1) is 13.8 Å². The Bertz CT molecular complexity index is 558. The molecule has 0 aliphatic heterocycles. The highest BCUT2D eigenvalue weighted by Gasteiger charge is 2.09. The van der Waals surface area contributed by atoms with Gasteiger partial charge in [-0.1, -0.05) is 18.2 Å². The van der Waals surface area contributed by atoms with Gasteiger partial charge in [-0.15, -0.1) is 0 Å². The number of aryl methyl sites for hydroxylation is 2. The van der Waals surface area contributed by atoms with E-state index in [0.717, 1.165) is 17.0 Å². The number of benzene rings is 1. The standard InChI is InChI=1S/C13H15N3O/c1-9-7-10(2)16(15-9)8-11-5-3-4-6-12(11)13(14)17/h3-7H,8H2,1-2H3,(H2,14,17). The highest BCUT2D eigenvalue weighted by atomic mass is 16.1. The van der Waals surface area contributed by atoms with E-state index in [1.807, 2.05) is 42.8 Å². The Kier molecular flexibility index (Phi) is 2.95. The predicted octanol–water partition coefficient (Wildman–Crippen LogP) is 1.65. The summed E-state index contributed by atoms with van der Waals surface area (Å²) in [4.78, 5) is 11.3. The summed E-state index contributed by atoms with van der Waals surface area (Å²) in [6, 6.07) is 9.35. The third-order valence-corrected chi connectivity index (χ3v) is 2.71. The summed E-state index contributed by atoms with van der Waals surface area (Å²) in [5, 5.41) is 4.37. The SMILES string of the molecule is Cc1cc(C)n(Cc2ccccc2C(N)=O)n1. The van der Waals surface area contributed by atoms with Crippen molar-refractivity contribution in [2.24, 2.45) is 5.73 Å². The number of primary amides is 1. The summed E-state index contributed by atoms with van der Waals surface area (Å²) in [5.74, 6) is -0.401. The minimum atomic E-state index is -0.401. The summed E-state index contributed by atoms with van der Waals surface area (Å²) in [5.41, 5.74) is 8.84. The summed E-state index contributed by atoms with van der Waals surface area (Å²) in [7, 11) is 0. The fourth-order valence-corrected chi connectivity index (χ4v) is 1.89. The van der Waals surface area contributed by atoms with Gasteiger partial charge in [0, 0.05) is 11.3 Å². The summed E-state index contributed by atoms with van der Waals surface area (Å²) in [6.07, 6.45) is 0. The number of aromatic nitrogens is 2. The molecular formula is C13H15N3O. The second-order valence-corrected chi connectivity index (χ2v) is 4.11. The van der Waals surface area contributed by atoms with Crippen LogP contribution in [0.3, 0.4) is 0 Å². The molecule has 4 nitrogen and oxygen atoms in total. The van der Waals surface area contributed by atoms with E-state index >= 15 is 0 Å². The normalized spacial score (nSPS) is 10.5. The Morgan fingerprint density at radius 1 is 1.35 bits per heavy atom. The van der Waals surface area contributed by atoms with Crippen molar-refractivity contribution in [3.8, 4) is 0 Å². The van der Waals surface area contributed by atoms with Gasteiger partial charge in [0.25, 0.3) is 0 Å². The molecule has 0 aliphatic carbocycles. The van der Waals surface area contributed by atoms with Crippen molar-refractivity contribution in [3.63, 3.8) is 0 Å². The molecule has 0 unspecified atom stereocenters. The number of nitrogens with zero attached hydrogens (tertiary/aromatic N) is 2. The lowest BCUT2D eigenvalue weighted by molar-refractivity contribution is 0.0999. The molecule has 0 atom stereocenters. The van der Waals surface area contributed by atoms with E-state index in [1.165, 1.54) is 0 Å². The number of amides is 1. The first-order valence-electron chi connectivity index (χ1n) is 5.46. The van der Waals surface area contributed by atoms with Gasteiger partial charge in [0.05, 0.1) is 12.2 Å². The van der Waals surface area contributed by atoms with Crippen LogP contribution in [0.25, 0.3) is 0 Å². The molecule has 1 amide bonds. The van der Waals surface area contributed by atoms with Crippen LogP contribution in [-0.2, 0) is 6.54 Å².